The highest BCUT2D eigenvalue weighted by Crippen LogP contribution is 2.01. The van der Waals surface area contributed by atoms with E-state index in [0.717, 1.165) is 0 Å². The first-order valence-corrected chi connectivity index (χ1v) is 2.87. The Morgan fingerprint density at radius 2 is 1.90 bits per heavy atom. The van der Waals surface area contributed by atoms with Crippen molar-refractivity contribution in [3.05, 3.63) is 20.8 Å². The molecule has 0 saturated carbocycles. The second-order valence-corrected chi connectivity index (χ2v) is 2.12. The minimum atomic E-state index is -0.625. The molecule has 0 atom stereocenters. The van der Waals surface area contributed by atoms with E-state index in [1.54, 1.807) is 0 Å². The Morgan fingerprint density at radius 3 is 2.40 bits per heavy atom. The van der Waals surface area contributed by atoms with E-state index in [1.807, 2.05) is 4.98 Å². The van der Waals surface area contributed by atoms with Gasteiger partial charge in [0.2, 0.25) is 0 Å². The number of hydrogen-bond donors (Lipinski definition) is 4. The molecule has 5 nitrogen and oxygen atoms in total. The maximum absolute atomic E-state index is 10.6. The van der Waals surface area contributed by atoms with Crippen LogP contribution in [0.2, 0.25) is 0 Å². The van der Waals surface area contributed by atoms with E-state index >= 15 is 0 Å². The molecule has 1 aromatic heterocycles. The highest BCUT2D eigenvalue weighted by atomic mass is 32.1. The molecule has 0 aromatic carbocycles. The largest absolute Gasteiger partial charge is 0.384 e. The third-order valence-corrected chi connectivity index (χ3v) is 1.39. The maximum Gasteiger partial charge on any atom is 0.327 e. The van der Waals surface area contributed by atoms with E-state index in [1.165, 1.54) is 0 Å². The highest BCUT2D eigenvalue weighted by molar-refractivity contribution is 7.80. The van der Waals surface area contributed by atoms with Crippen LogP contribution in [0.1, 0.15) is 0 Å². The summed E-state index contributed by atoms with van der Waals surface area (Å²) in [6, 6.07) is 0. The van der Waals surface area contributed by atoms with Gasteiger partial charge in [0.1, 0.15) is 10.7 Å². The van der Waals surface area contributed by atoms with E-state index in [4.69, 9.17) is 5.73 Å². The summed E-state index contributed by atoms with van der Waals surface area (Å²) < 4.78 is 0. The fourth-order valence-electron chi connectivity index (χ4n) is 0.497. The lowest BCUT2D eigenvalue weighted by atomic mass is 10.6. The van der Waals surface area contributed by atoms with Gasteiger partial charge in [-0.2, -0.15) is 0 Å². The molecular weight excluding hydrogens is 154 g/mol. The van der Waals surface area contributed by atoms with Crippen molar-refractivity contribution in [3.8, 4) is 0 Å². The van der Waals surface area contributed by atoms with Crippen molar-refractivity contribution in [3.63, 3.8) is 0 Å². The summed E-state index contributed by atoms with van der Waals surface area (Å²) in [7, 11) is 0. The predicted octanol–water partition coefficient (Wildman–Crippen LogP) is -1.07. The first kappa shape index (κ1) is 6.94. The maximum atomic E-state index is 10.6. The topological polar surface area (TPSA) is 91.7 Å². The van der Waals surface area contributed by atoms with Crippen molar-refractivity contribution in [1.29, 1.82) is 0 Å². The lowest BCUT2D eigenvalue weighted by Gasteiger charge is -1.92. The zero-order chi connectivity index (χ0) is 7.72. The Kier molecular flexibility index (Phi) is 1.54. The van der Waals surface area contributed by atoms with E-state index in [0.29, 0.717) is 0 Å². The van der Waals surface area contributed by atoms with Crippen molar-refractivity contribution in [2.45, 2.75) is 4.90 Å². The zero-order valence-electron chi connectivity index (χ0n) is 4.84. The van der Waals surface area contributed by atoms with Crippen LogP contribution in [-0.4, -0.2) is 9.97 Å². The molecule has 0 amide bonds. The Balaban J connectivity index is 3.62. The molecule has 4 N–H and O–H groups in total. The van der Waals surface area contributed by atoms with Crippen LogP contribution >= 0.6 is 12.6 Å². The van der Waals surface area contributed by atoms with Gasteiger partial charge < -0.3 is 5.73 Å². The van der Waals surface area contributed by atoms with Gasteiger partial charge in [-0.1, -0.05) is 0 Å². The molecule has 1 rings (SSSR count). The Labute approximate surface area is 60.7 Å². The lowest BCUT2D eigenvalue weighted by Crippen LogP contribution is -2.24. The van der Waals surface area contributed by atoms with E-state index in [9.17, 15) is 9.59 Å². The third-order valence-electron chi connectivity index (χ3n) is 0.945. The summed E-state index contributed by atoms with van der Waals surface area (Å²) in [5.41, 5.74) is 3.97. The lowest BCUT2D eigenvalue weighted by molar-refractivity contribution is 0.991. The minimum absolute atomic E-state index is 0.0166. The van der Waals surface area contributed by atoms with Gasteiger partial charge in [0.15, 0.2) is 0 Å². The van der Waals surface area contributed by atoms with Gasteiger partial charge in [-0.25, -0.2) is 4.79 Å². The number of aromatic nitrogens is 2. The molecule has 1 heterocycles. The second kappa shape index (κ2) is 2.22. The normalized spacial score (nSPS) is 9.70. The summed E-state index contributed by atoms with van der Waals surface area (Å²) in [4.78, 5) is 25.2. The fourth-order valence-corrected chi connectivity index (χ4v) is 0.609. The molecule has 0 bridgehead atoms. The van der Waals surface area contributed by atoms with Gasteiger partial charge in [-0.15, -0.1) is 12.6 Å². The molecule has 0 aliphatic rings. The Morgan fingerprint density at radius 1 is 1.30 bits per heavy atom. The highest BCUT2D eigenvalue weighted by Gasteiger charge is 1.98. The fraction of sp³-hybridized carbons (Fsp3) is 0. The zero-order valence-corrected chi connectivity index (χ0v) is 5.74. The SMILES string of the molecule is Nc1[nH]c(=O)[nH]c(=O)c1S. The van der Waals surface area contributed by atoms with Crippen molar-refractivity contribution < 1.29 is 0 Å². The number of nitrogens with one attached hydrogen (secondary N) is 2. The third kappa shape index (κ3) is 1.06. The van der Waals surface area contributed by atoms with Crippen molar-refractivity contribution in [2.75, 3.05) is 5.73 Å². The quantitative estimate of drug-likeness (QED) is 0.363. The van der Waals surface area contributed by atoms with E-state index in [2.05, 4.69) is 17.6 Å². The monoisotopic (exact) mass is 159 g/mol. The van der Waals surface area contributed by atoms with Crippen molar-refractivity contribution in [1.82, 2.24) is 9.97 Å². The second-order valence-electron chi connectivity index (χ2n) is 1.67. The van der Waals surface area contributed by atoms with Crippen molar-refractivity contribution >= 4 is 18.4 Å². The van der Waals surface area contributed by atoms with Crippen LogP contribution in [0, 0.1) is 0 Å². The van der Waals surface area contributed by atoms with Gasteiger partial charge >= 0.3 is 5.69 Å². The van der Waals surface area contributed by atoms with Crippen LogP contribution in [0.15, 0.2) is 14.5 Å². The van der Waals surface area contributed by atoms with Gasteiger partial charge in [-0.3, -0.25) is 14.8 Å². The smallest absolute Gasteiger partial charge is 0.327 e. The first-order chi connectivity index (χ1) is 4.61. The standard InChI is InChI=1S/C4H5N3O2S/c5-2-1(10)3(8)7-4(9)6-2/h10H,(H4,5,6,7,8,9). The van der Waals surface area contributed by atoms with Crippen LogP contribution in [0.3, 0.4) is 0 Å². The molecule has 10 heavy (non-hydrogen) atoms. The number of nitrogen functional groups attached to an aromatic ring is 1. The molecule has 0 spiro atoms. The molecule has 6 heteroatoms. The molecular formula is C4H5N3O2S. The molecule has 54 valence electrons. The van der Waals surface area contributed by atoms with E-state index < -0.39 is 11.2 Å². The average molecular weight is 159 g/mol. The summed E-state index contributed by atoms with van der Waals surface area (Å²) in [6.45, 7) is 0. The Bertz CT molecular complexity index is 352. The predicted molar refractivity (Wildman–Crippen MR) is 39.3 cm³/mol. The molecule has 0 aliphatic heterocycles. The van der Waals surface area contributed by atoms with Crippen LogP contribution in [0.25, 0.3) is 0 Å². The number of aromatic amines is 2. The minimum Gasteiger partial charge on any atom is -0.384 e. The molecule has 0 saturated heterocycles. The van der Waals surface area contributed by atoms with Gasteiger partial charge in [0.25, 0.3) is 5.56 Å². The van der Waals surface area contributed by atoms with E-state index in [-0.39, 0.29) is 10.7 Å². The Hall–Kier alpha value is -1.17. The number of nitrogens with two attached hydrogens (primary N) is 1. The van der Waals surface area contributed by atoms with Gasteiger partial charge in [-0.05, 0) is 0 Å². The summed E-state index contributed by atoms with van der Waals surface area (Å²) in [5, 5.41) is 0. The van der Waals surface area contributed by atoms with Gasteiger partial charge in [0.05, 0.1) is 0 Å². The molecule has 0 unspecified atom stereocenters. The first-order valence-electron chi connectivity index (χ1n) is 2.42. The molecule has 0 aliphatic carbocycles. The summed E-state index contributed by atoms with van der Waals surface area (Å²) in [5.74, 6) is -0.0166. The number of rotatable bonds is 0. The number of thiol groups is 1. The number of anilines is 1. The van der Waals surface area contributed by atoms with Crippen LogP contribution < -0.4 is 17.0 Å². The molecule has 0 radical (unpaired) electrons. The van der Waals surface area contributed by atoms with Crippen LogP contribution in [0.4, 0.5) is 5.82 Å². The van der Waals surface area contributed by atoms with Crippen LogP contribution in [0.5, 0.6) is 0 Å². The number of hydrogen-bond acceptors (Lipinski definition) is 4. The summed E-state index contributed by atoms with van der Waals surface area (Å²) in [6.07, 6.45) is 0. The van der Waals surface area contributed by atoms with Gasteiger partial charge in [0, 0.05) is 0 Å². The van der Waals surface area contributed by atoms with Crippen molar-refractivity contribution in [2.24, 2.45) is 0 Å². The molecule has 0 fully saturated rings. The molecule has 1 aromatic rings. The van der Waals surface area contributed by atoms with Crippen LogP contribution in [-0.2, 0) is 0 Å². The average Bonchev–Trinajstić information content (AvgIpc) is 1.82. The summed E-state index contributed by atoms with van der Waals surface area (Å²) >= 11 is 3.72. The number of H-pyrrole nitrogens is 2.